The van der Waals surface area contributed by atoms with E-state index >= 15 is 0 Å². The Labute approximate surface area is 132 Å². The Kier molecular flexibility index (Phi) is 4.74. The van der Waals surface area contributed by atoms with Gasteiger partial charge in [0.25, 0.3) is 0 Å². The van der Waals surface area contributed by atoms with E-state index in [0.29, 0.717) is 32.7 Å². The Hall–Kier alpha value is -1.03. The SMILES string of the molecule is Cc1nn(C(C)Cc2c(Cl)cc(Cl)cc2Cl)cc1C=O. The maximum absolute atomic E-state index is 10.9. The minimum absolute atomic E-state index is 0.0265. The highest BCUT2D eigenvalue weighted by Crippen LogP contribution is 2.31. The fourth-order valence-corrected chi connectivity index (χ4v) is 2.96. The van der Waals surface area contributed by atoms with Crippen LogP contribution in [0.3, 0.4) is 0 Å². The quantitative estimate of drug-likeness (QED) is 0.757. The minimum atomic E-state index is 0.0265. The molecule has 1 aromatic heterocycles. The monoisotopic (exact) mass is 330 g/mol. The molecule has 6 heteroatoms. The normalized spacial score (nSPS) is 12.4. The van der Waals surface area contributed by atoms with Crippen molar-refractivity contribution in [3.05, 3.63) is 50.2 Å². The molecular formula is C14H13Cl3N2O. The lowest BCUT2D eigenvalue weighted by atomic mass is 10.1. The number of carbonyl (C=O) groups excluding carboxylic acids is 1. The highest BCUT2D eigenvalue weighted by Gasteiger charge is 2.15. The second-order valence-electron chi connectivity index (χ2n) is 4.67. The van der Waals surface area contributed by atoms with Crippen molar-refractivity contribution < 1.29 is 4.79 Å². The van der Waals surface area contributed by atoms with Crippen LogP contribution in [0.1, 0.15) is 34.6 Å². The third kappa shape index (κ3) is 3.17. The van der Waals surface area contributed by atoms with Crippen LogP contribution in [-0.4, -0.2) is 16.1 Å². The Morgan fingerprint density at radius 2 is 1.90 bits per heavy atom. The van der Waals surface area contributed by atoms with Gasteiger partial charge in [-0.15, -0.1) is 0 Å². The Morgan fingerprint density at radius 1 is 1.30 bits per heavy atom. The van der Waals surface area contributed by atoms with E-state index in [2.05, 4.69) is 5.10 Å². The van der Waals surface area contributed by atoms with E-state index in [1.165, 1.54) is 0 Å². The number of halogens is 3. The number of carbonyl (C=O) groups is 1. The van der Waals surface area contributed by atoms with Crippen LogP contribution in [0.25, 0.3) is 0 Å². The van der Waals surface area contributed by atoms with Crippen LogP contribution >= 0.6 is 34.8 Å². The van der Waals surface area contributed by atoms with Crippen LogP contribution in [0.15, 0.2) is 18.3 Å². The summed E-state index contributed by atoms with van der Waals surface area (Å²) in [4.78, 5) is 10.9. The zero-order valence-electron chi connectivity index (χ0n) is 11.0. The Morgan fingerprint density at radius 3 is 2.40 bits per heavy atom. The lowest BCUT2D eigenvalue weighted by molar-refractivity contribution is 0.112. The second-order valence-corrected chi connectivity index (χ2v) is 5.92. The molecule has 0 saturated heterocycles. The van der Waals surface area contributed by atoms with Crippen molar-refractivity contribution in [2.24, 2.45) is 0 Å². The van der Waals surface area contributed by atoms with E-state index < -0.39 is 0 Å². The van der Waals surface area contributed by atoms with Gasteiger partial charge in [-0.3, -0.25) is 9.48 Å². The van der Waals surface area contributed by atoms with Crippen LogP contribution in [0.2, 0.25) is 15.1 Å². The lowest BCUT2D eigenvalue weighted by Crippen LogP contribution is -2.09. The van der Waals surface area contributed by atoms with Crippen LogP contribution in [-0.2, 0) is 6.42 Å². The molecule has 1 aromatic carbocycles. The average Bonchev–Trinajstić information content (AvgIpc) is 2.75. The van der Waals surface area contributed by atoms with Crippen LogP contribution in [0.4, 0.5) is 0 Å². The van der Waals surface area contributed by atoms with Gasteiger partial charge in [0.1, 0.15) is 0 Å². The smallest absolute Gasteiger partial charge is 0.153 e. The molecule has 0 amide bonds. The standard InChI is InChI=1S/C14H13Cl3N2O/c1-8(19-6-10(7-20)9(2)18-19)3-12-13(16)4-11(15)5-14(12)17/h4-8H,3H2,1-2H3. The van der Waals surface area contributed by atoms with Gasteiger partial charge >= 0.3 is 0 Å². The summed E-state index contributed by atoms with van der Waals surface area (Å²) in [5.74, 6) is 0. The van der Waals surface area contributed by atoms with Crippen molar-refractivity contribution in [1.82, 2.24) is 9.78 Å². The number of nitrogens with zero attached hydrogens (tertiary/aromatic N) is 2. The summed E-state index contributed by atoms with van der Waals surface area (Å²) in [6, 6.07) is 3.36. The largest absolute Gasteiger partial charge is 0.298 e. The summed E-state index contributed by atoms with van der Waals surface area (Å²) >= 11 is 18.2. The molecular weight excluding hydrogens is 319 g/mol. The van der Waals surface area contributed by atoms with E-state index in [0.717, 1.165) is 11.8 Å². The molecule has 2 rings (SSSR count). The number of rotatable bonds is 4. The van der Waals surface area contributed by atoms with E-state index in [1.807, 2.05) is 6.92 Å². The fraction of sp³-hybridized carbons (Fsp3) is 0.286. The summed E-state index contributed by atoms with van der Waals surface area (Å²) in [5.41, 5.74) is 2.12. The zero-order valence-corrected chi connectivity index (χ0v) is 13.3. The molecule has 0 spiro atoms. The molecule has 1 heterocycles. The molecule has 0 aliphatic heterocycles. The van der Waals surface area contributed by atoms with Crippen molar-refractivity contribution in [3.63, 3.8) is 0 Å². The van der Waals surface area contributed by atoms with Crippen LogP contribution in [0, 0.1) is 6.92 Å². The third-order valence-electron chi connectivity index (χ3n) is 3.14. The third-order valence-corrected chi connectivity index (χ3v) is 4.03. The average molecular weight is 332 g/mol. The maximum atomic E-state index is 10.9. The summed E-state index contributed by atoms with van der Waals surface area (Å²) in [6.45, 7) is 3.79. The Bertz CT molecular complexity index is 629. The highest BCUT2D eigenvalue weighted by atomic mass is 35.5. The summed E-state index contributed by atoms with van der Waals surface area (Å²) in [5, 5.41) is 5.91. The number of aromatic nitrogens is 2. The molecule has 0 bridgehead atoms. The second kappa shape index (κ2) is 6.17. The van der Waals surface area contributed by atoms with Crippen LogP contribution in [0.5, 0.6) is 0 Å². The minimum Gasteiger partial charge on any atom is -0.298 e. The number of hydrogen-bond acceptors (Lipinski definition) is 2. The fourth-order valence-electron chi connectivity index (χ4n) is 1.99. The van der Waals surface area contributed by atoms with Gasteiger partial charge in [-0.1, -0.05) is 34.8 Å². The van der Waals surface area contributed by atoms with E-state index in [4.69, 9.17) is 34.8 Å². The molecule has 20 heavy (non-hydrogen) atoms. The first kappa shape index (κ1) is 15.4. The zero-order chi connectivity index (χ0) is 14.9. The molecule has 0 fully saturated rings. The molecule has 1 unspecified atom stereocenters. The predicted molar refractivity (Wildman–Crippen MR) is 82.2 cm³/mol. The van der Waals surface area contributed by atoms with Crippen LogP contribution < -0.4 is 0 Å². The molecule has 106 valence electrons. The van der Waals surface area contributed by atoms with Gasteiger partial charge in [0, 0.05) is 21.3 Å². The van der Waals surface area contributed by atoms with Gasteiger partial charge in [-0.2, -0.15) is 5.10 Å². The predicted octanol–water partition coefficient (Wildman–Crippen LogP) is 4.77. The lowest BCUT2D eigenvalue weighted by Gasteiger charge is -2.15. The molecule has 1 atom stereocenters. The van der Waals surface area contributed by atoms with Gasteiger partial charge in [0.2, 0.25) is 0 Å². The molecule has 0 aliphatic carbocycles. The Balaban J connectivity index is 2.27. The first-order chi connectivity index (χ1) is 9.42. The van der Waals surface area contributed by atoms with E-state index in [1.54, 1.807) is 29.9 Å². The van der Waals surface area contributed by atoms with Crippen molar-refractivity contribution in [2.75, 3.05) is 0 Å². The first-order valence-corrected chi connectivity index (χ1v) is 7.20. The van der Waals surface area contributed by atoms with Gasteiger partial charge in [-0.25, -0.2) is 0 Å². The molecule has 2 aromatic rings. The summed E-state index contributed by atoms with van der Waals surface area (Å²) in [7, 11) is 0. The van der Waals surface area contributed by atoms with Gasteiger partial charge in [0.15, 0.2) is 6.29 Å². The molecule has 0 aliphatic rings. The van der Waals surface area contributed by atoms with E-state index in [-0.39, 0.29) is 6.04 Å². The van der Waals surface area contributed by atoms with Gasteiger partial charge < -0.3 is 0 Å². The molecule has 0 radical (unpaired) electrons. The number of benzene rings is 1. The number of hydrogen-bond donors (Lipinski definition) is 0. The first-order valence-electron chi connectivity index (χ1n) is 6.06. The molecule has 0 saturated carbocycles. The molecule has 3 nitrogen and oxygen atoms in total. The maximum Gasteiger partial charge on any atom is 0.153 e. The van der Waals surface area contributed by atoms with Crippen molar-refractivity contribution in [3.8, 4) is 0 Å². The number of aldehydes is 1. The summed E-state index contributed by atoms with van der Waals surface area (Å²) in [6.07, 6.45) is 3.13. The highest BCUT2D eigenvalue weighted by molar-refractivity contribution is 6.39. The van der Waals surface area contributed by atoms with Crippen molar-refractivity contribution in [2.45, 2.75) is 26.3 Å². The number of aryl methyl sites for hydroxylation is 1. The van der Waals surface area contributed by atoms with Gasteiger partial charge in [-0.05, 0) is 38.0 Å². The molecule has 0 N–H and O–H groups in total. The van der Waals surface area contributed by atoms with Crippen molar-refractivity contribution >= 4 is 41.1 Å². The van der Waals surface area contributed by atoms with Gasteiger partial charge in [0.05, 0.1) is 17.3 Å². The topological polar surface area (TPSA) is 34.9 Å². The van der Waals surface area contributed by atoms with E-state index in [9.17, 15) is 4.79 Å². The summed E-state index contributed by atoms with van der Waals surface area (Å²) < 4.78 is 1.75. The van der Waals surface area contributed by atoms with Crippen molar-refractivity contribution in [1.29, 1.82) is 0 Å².